The van der Waals surface area contributed by atoms with Gasteiger partial charge in [0.2, 0.25) is 5.91 Å². The molecule has 3 rings (SSSR count). The summed E-state index contributed by atoms with van der Waals surface area (Å²) < 4.78 is 0. The summed E-state index contributed by atoms with van der Waals surface area (Å²) in [4.78, 5) is 16.9. The highest BCUT2D eigenvalue weighted by atomic mass is 16.2. The van der Waals surface area contributed by atoms with Crippen LogP contribution in [0.2, 0.25) is 0 Å². The summed E-state index contributed by atoms with van der Waals surface area (Å²) in [5.41, 5.74) is 1.25. The van der Waals surface area contributed by atoms with Crippen LogP contribution in [-0.4, -0.2) is 60.5 Å². The van der Waals surface area contributed by atoms with E-state index >= 15 is 0 Å². The molecule has 1 saturated carbocycles. The van der Waals surface area contributed by atoms with Crippen molar-refractivity contribution in [1.29, 1.82) is 0 Å². The number of hydrogen-bond acceptors (Lipinski definition) is 3. The van der Waals surface area contributed by atoms with E-state index < -0.39 is 0 Å². The number of carbonyl (C=O) groups is 1. The summed E-state index contributed by atoms with van der Waals surface area (Å²) in [6.45, 7) is 7.01. The van der Waals surface area contributed by atoms with Crippen molar-refractivity contribution in [2.24, 2.45) is 0 Å². The predicted octanol–water partition coefficient (Wildman–Crippen LogP) is 1.98. The Morgan fingerprint density at radius 2 is 1.91 bits per heavy atom. The molecule has 1 unspecified atom stereocenters. The Hall–Kier alpha value is -1.65. The number of nitrogens with one attached hydrogen (secondary N) is 1. The van der Waals surface area contributed by atoms with Gasteiger partial charge in [0.1, 0.15) is 0 Å². The Balaban J connectivity index is 1.39. The molecule has 1 aliphatic heterocycles. The second-order valence-corrected chi connectivity index (χ2v) is 6.61. The van der Waals surface area contributed by atoms with Gasteiger partial charge in [-0.1, -0.05) is 42.5 Å². The first kappa shape index (κ1) is 16.2. The lowest BCUT2D eigenvalue weighted by atomic mass is 10.2. The fourth-order valence-corrected chi connectivity index (χ4v) is 2.95. The van der Waals surface area contributed by atoms with Crippen molar-refractivity contribution in [1.82, 2.24) is 15.1 Å². The minimum atomic E-state index is -0.00221. The summed E-state index contributed by atoms with van der Waals surface area (Å²) in [6, 6.07) is 10.9. The molecule has 0 radical (unpaired) electrons. The number of hydrogen-bond donors (Lipinski definition) is 1. The third-order valence-electron chi connectivity index (χ3n) is 4.73. The van der Waals surface area contributed by atoms with E-state index in [1.807, 2.05) is 13.0 Å². The molecule has 4 heteroatoms. The maximum atomic E-state index is 12.1. The third-order valence-corrected chi connectivity index (χ3v) is 4.73. The van der Waals surface area contributed by atoms with Gasteiger partial charge in [-0.3, -0.25) is 14.6 Å². The highest BCUT2D eigenvalue weighted by Crippen LogP contribution is 2.19. The molecule has 23 heavy (non-hydrogen) atoms. The summed E-state index contributed by atoms with van der Waals surface area (Å²) in [5, 5.41) is 3.11. The smallest absolute Gasteiger partial charge is 0.237 e. The lowest BCUT2D eigenvalue weighted by Crippen LogP contribution is -2.54. The molecular weight excluding hydrogens is 286 g/mol. The average molecular weight is 313 g/mol. The first-order valence-corrected chi connectivity index (χ1v) is 8.71. The number of piperazine rings is 1. The van der Waals surface area contributed by atoms with E-state index in [2.05, 4.69) is 51.5 Å². The maximum Gasteiger partial charge on any atom is 0.237 e. The van der Waals surface area contributed by atoms with Crippen LogP contribution in [0.25, 0.3) is 6.08 Å². The number of carbonyl (C=O) groups excluding carboxylic acids is 1. The van der Waals surface area contributed by atoms with E-state index in [0.29, 0.717) is 6.04 Å². The van der Waals surface area contributed by atoms with Crippen LogP contribution in [0.3, 0.4) is 0 Å². The third kappa shape index (κ3) is 4.91. The van der Waals surface area contributed by atoms with Gasteiger partial charge in [-0.05, 0) is 25.3 Å². The quantitative estimate of drug-likeness (QED) is 0.872. The Labute approximate surface area is 139 Å². The van der Waals surface area contributed by atoms with Crippen LogP contribution in [0, 0.1) is 0 Å². The zero-order valence-corrected chi connectivity index (χ0v) is 13.9. The van der Waals surface area contributed by atoms with Gasteiger partial charge in [0.15, 0.2) is 0 Å². The average Bonchev–Trinajstić information content (AvgIpc) is 3.40. The minimum absolute atomic E-state index is 0.00221. The van der Waals surface area contributed by atoms with Gasteiger partial charge in [0.25, 0.3) is 0 Å². The van der Waals surface area contributed by atoms with Gasteiger partial charge in [-0.25, -0.2) is 0 Å². The highest BCUT2D eigenvalue weighted by Gasteiger charge is 2.29. The molecule has 4 nitrogen and oxygen atoms in total. The van der Waals surface area contributed by atoms with E-state index in [0.717, 1.165) is 45.6 Å². The molecule has 1 heterocycles. The van der Waals surface area contributed by atoms with Gasteiger partial charge in [0, 0.05) is 38.8 Å². The van der Waals surface area contributed by atoms with E-state index in [1.54, 1.807) is 0 Å². The molecule has 0 bridgehead atoms. The van der Waals surface area contributed by atoms with Gasteiger partial charge < -0.3 is 5.32 Å². The molecular formula is C19H27N3O. The van der Waals surface area contributed by atoms with Crippen LogP contribution in [-0.2, 0) is 4.79 Å². The molecule has 1 saturated heterocycles. The fraction of sp³-hybridized carbons (Fsp3) is 0.526. The van der Waals surface area contributed by atoms with Crippen molar-refractivity contribution in [2.75, 3.05) is 32.7 Å². The first-order chi connectivity index (χ1) is 11.2. The maximum absolute atomic E-state index is 12.1. The van der Waals surface area contributed by atoms with Crippen LogP contribution < -0.4 is 5.32 Å². The second kappa shape index (κ2) is 7.75. The van der Waals surface area contributed by atoms with Crippen LogP contribution in [0.1, 0.15) is 25.3 Å². The van der Waals surface area contributed by atoms with Crippen molar-refractivity contribution in [3.05, 3.63) is 42.0 Å². The lowest BCUT2D eigenvalue weighted by molar-refractivity contribution is -0.126. The van der Waals surface area contributed by atoms with Gasteiger partial charge >= 0.3 is 0 Å². The normalized spacial score (nSPS) is 21.4. The van der Waals surface area contributed by atoms with Crippen molar-refractivity contribution < 1.29 is 4.79 Å². The van der Waals surface area contributed by atoms with Crippen molar-refractivity contribution in [2.45, 2.75) is 31.8 Å². The van der Waals surface area contributed by atoms with E-state index in [9.17, 15) is 4.79 Å². The van der Waals surface area contributed by atoms with Gasteiger partial charge in [0.05, 0.1) is 6.04 Å². The summed E-state index contributed by atoms with van der Waals surface area (Å²) in [7, 11) is 0. The first-order valence-electron chi connectivity index (χ1n) is 8.71. The summed E-state index contributed by atoms with van der Waals surface area (Å²) in [5.74, 6) is 0.199. The standard InChI is InChI=1S/C19H27N3O/c1-16(19(23)20-18-9-10-18)22-14-12-21(13-15-22)11-5-8-17-6-3-2-4-7-17/h2-8,16,18H,9-15H2,1H3,(H,20,23). The Morgan fingerprint density at radius 3 is 2.57 bits per heavy atom. The van der Waals surface area contributed by atoms with Crippen LogP contribution in [0.5, 0.6) is 0 Å². The van der Waals surface area contributed by atoms with Crippen molar-refractivity contribution >= 4 is 12.0 Å². The van der Waals surface area contributed by atoms with Gasteiger partial charge in [-0.15, -0.1) is 0 Å². The highest BCUT2D eigenvalue weighted by molar-refractivity contribution is 5.81. The molecule has 1 N–H and O–H groups in total. The Morgan fingerprint density at radius 1 is 1.22 bits per heavy atom. The minimum Gasteiger partial charge on any atom is -0.352 e. The largest absolute Gasteiger partial charge is 0.352 e. The van der Waals surface area contributed by atoms with Crippen LogP contribution >= 0.6 is 0 Å². The van der Waals surface area contributed by atoms with Gasteiger partial charge in [-0.2, -0.15) is 0 Å². The topological polar surface area (TPSA) is 35.6 Å². The monoisotopic (exact) mass is 313 g/mol. The Kier molecular flexibility index (Phi) is 5.47. The molecule has 1 aromatic rings. The van der Waals surface area contributed by atoms with Crippen LogP contribution in [0.4, 0.5) is 0 Å². The summed E-state index contributed by atoms with van der Waals surface area (Å²) in [6.07, 6.45) is 6.71. The number of benzene rings is 1. The fourth-order valence-electron chi connectivity index (χ4n) is 2.95. The molecule has 0 spiro atoms. The van der Waals surface area contributed by atoms with E-state index in [4.69, 9.17) is 0 Å². The molecule has 1 atom stereocenters. The summed E-state index contributed by atoms with van der Waals surface area (Å²) >= 11 is 0. The number of amides is 1. The molecule has 1 aliphatic carbocycles. The molecule has 0 aromatic heterocycles. The predicted molar refractivity (Wildman–Crippen MR) is 94.1 cm³/mol. The molecule has 2 fully saturated rings. The zero-order valence-electron chi connectivity index (χ0n) is 13.9. The molecule has 1 aromatic carbocycles. The van der Waals surface area contributed by atoms with E-state index in [-0.39, 0.29) is 11.9 Å². The number of rotatable bonds is 6. The van der Waals surface area contributed by atoms with Crippen LogP contribution in [0.15, 0.2) is 36.4 Å². The lowest BCUT2D eigenvalue weighted by Gasteiger charge is -2.37. The van der Waals surface area contributed by atoms with E-state index in [1.165, 1.54) is 5.56 Å². The second-order valence-electron chi connectivity index (χ2n) is 6.61. The van der Waals surface area contributed by atoms with Crippen molar-refractivity contribution in [3.8, 4) is 0 Å². The number of nitrogens with zero attached hydrogens (tertiary/aromatic N) is 2. The molecule has 2 aliphatic rings. The molecule has 124 valence electrons. The zero-order chi connectivity index (χ0) is 16.1. The van der Waals surface area contributed by atoms with Crippen molar-refractivity contribution in [3.63, 3.8) is 0 Å². The SMILES string of the molecule is CC(C(=O)NC1CC1)N1CCN(CC=Cc2ccccc2)CC1. The molecule has 1 amide bonds. The Bertz CT molecular complexity index is 531.